The van der Waals surface area contributed by atoms with Gasteiger partial charge in [0.05, 0.1) is 0 Å². The van der Waals surface area contributed by atoms with Crippen molar-refractivity contribution in [1.29, 1.82) is 0 Å². The summed E-state index contributed by atoms with van der Waals surface area (Å²) in [6.07, 6.45) is 0.447. The normalized spacial score (nSPS) is 10.7. The third kappa shape index (κ3) is 3.71. The molecule has 0 saturated heterocycles. The molecule has 0 amide bonds. The molecule has 0 spiro atoms. The Balaban J connectivity index is 2.27. The van der Waals surface area contributed by atoms with Crippen molar-refractivity contribution in [3.8, 4) is 0 Å². The van der Waals surface area contributed by atoms with Crippen molar-refractivity contribution >= 4 is 17.3 Å². The third-order valence-corrected chi connectivity index (χ3v) is 3.63. The molecule has 0 aliphatic rings. The van der Waals surface area contributed by atoms with Crippen LogP contribution in [-0.2, 0) is 13.0 Å². The first-order chi connectivity index (χ1) is 10.0. The molecule has 0 unspecified atom stereocenters. The molecule has 2 aromatic carbocycles. The maximum atomic E-state index is 14.1. The summed E-state index contributed by atoms with van der Waals surface area (Å²) in [7, 11) is 1.63. The van der Waals surface area contributed by atoms with Crippen LogP contribution in [-0.4, -0.2) is 13.6 Å². The molecule has 2 nitrogen and oxygen atoms in total. The standard InChI is InChI=1S/C16H17ClF2N2/c1-21(10-12-4-2-3-5-13(12)17)16-14(18)8-11(6-7-20)9-15(16)19/h2-5,8-9H,6-7,10,20H2,1H3. The molecule has 0 aliphatic carbocycles. The molecule has 5 heteroatoms. The summed E-state index contributed by atoms with van der Waals surface area (Å²) in [5, 5.41) is 0.574. The third-order valence-electron chi connectivity index (χ3n) is 3.26. The van der Waals surface area contributed by atoms with Gasteiger partial charge in [0.25, 0.3) is 0 Å². The van der Waals surface area contributed by atoms with Crippen LogP contribution in [0.3, 0.4) is 0 Å². The van der Waals surface area contributed by atoms with E-state index in [0.29, 0.717) is 30.1 Å². The highest BCUT2D eigenvalue weighted by Crippen LogP contribution is 2.27. The summed E-state index contributed by atoms with van der Waals surface area (Å²) in [5.41, 5.74) is 6.72. The fourth-order valence-electron chi connectivity index (χ4n) is 2.25. The molecule has 112 valence electrons. The number of nitrogens with zero attached hydrogens (tertiary/aromatic N) is 1. The number of hydrogen-bond donors (Lipinski definition) is 1. The monoisotopic (exact) mass is 310 g/mol. The second kappa shape index (κ2) is 6.87. The molecular formula is C16H17ClF2N2. The maximum absolute atomic E-state index is 14.1. The Morgan fingerprint density at radius 3 is 2.33 bits per heavy atom. The number of halogens is 3. The van der Waals surface area contributed by atoms with Crippen molar-refractivity contribution < 1.29 is 8.78 Å². The average molecular weight is 311 g/mol. The topological polar surface area (TPSA) is 29.3 Å². The van der Waals surface area contributed by atoms with Gasteiger partial charge >= 0.3 is 0 Å². The second-order valence-electron chi connectivity index (χ2n) is 4.89. The van der Waals surface area contributed by atoms with E-state index in [9.17, 15) is 8.78 Å². The van der Waals surface area contributed by atoms with Crippen LogP contribution in [0.2, 0.25) is 5.02 Å². The summed E-state index contributed by atoms with van der Waals surface area (Å²) in [5.74, 6) is -1.18. The molecule has 0 aromatic heterocycles. The molecule has 2 aromatic rings. The van der Waals surface area contributed by atoms with Crippen molar-refractivity contribution in [1.82, 2.24) is 0 Å². The predicted octanol–water partition coefficient (Wildman–Crippen LogP) is 3.76. The van der Waals surface area contributed by atoms with Gasteiger partial charge < -0.3 is 10.6 Å². The molecular weight excluding hydrogens is 294 g/mol. The Morgan fingerprint density at radius 1 is 1.14 bits per heavy atom. The van der Waals surface area contributed by atoms with Gasteiger partial charge in [0, 0.05) is 18.6 Å². The van der Waals surface area contributed by atoms with Crippen LogP contribution in [0.5, 0.6) is 0 Å². The maximum Gasteiger partial charge on any atom is 0.149 e. The minimum Gasteiger partial charge on any atom is -0.365 e. The van der Waals surface area contributed by atoms with Crippen LogP contribution < -0.4 is 10.6 Å². The van der Waals surface area contributed by atoms with E-state index >= 15 is 0 Å². The van der Waals surface area contributed by atoms with E-state index in [1.165, 1.54) is 17.0 Å². The van der Waals surface area contributed by atoms with Crippen molar-refractivity contribution in [2.45, 2.75) is 13.0 Å². The van der Waals surface area contributed by atoms with E-state index in [1.807, 2.05) is 18.2 Å². The molecule has 0 fully saturated rings. The van der Waals surface area contributed by atoms with Crippen molar-refractivity contribution in [2.24, 2.45) is 5.73 Å². The van der Waals surface area contributed by atoms with Crippen LogP contribution in [0.1, 0.15) is 11.1 Å². The first-order valence-corrected chi connectivity index (χ1v) is 7.03. The fraction of sp³-hybridized carbons (Fsp3) is 0.250. The van der Waals surface area contributed by atoms with E-state index in [1.54, 1.807) is 13.1 Å². The fourth-order valence-corrected chi connectivity index (χ4v) is 2.45. The van der Waals surface area contributed by atoms with Crippen LogP contribution >= 0.6 is 11.6 Å². The highest BCUT2D eigenvalue weighted by atomic mass is 35.5. The van der Waals surface area contributed by atoms with Crippen LogP contribution in [0.15, 0.2) is 36.4 Å². The lowest BCUT2D eigenvalue weighted by Gasteiger charge is -2.22. The van der Waals surface area contributed by atoms with Crippen molar-refractivity contribution in [3.05, 3.63) is 64.2 Å². The lowest BCUT2D eigenvalue weighted by atomic mass is 10.1. The first-order valence-electron chi connectivity index (χ1n) is 6.65. The number of nitrogens with two attached hydrogens (primary N) is 1. The Bertz CT molecular complexity index is 608. The minimum absolute atomic E-state index is 0.0595. The van der Waals surface area contributed by atoms with Gasteiger partial charge in [0.15, 0.2) is 0 Å². The van der Waals surface area contributed by atoms with Gasteiger partial charge in [-0.05, 0) is 42.3 Å². The molecule has 0 aliphatic heterocycles. The number of hydrogen-bond acceptors (Lipinski definition) is 2. The lowest BCUT2D eigenvalue weighted by Crippen LogP contribution is -2.20. The Hall–Kier alpha value is -1.65. The van der Waals surface area contributed by atoms with Gasteiger partial charge in [-0.25, -0.2) is 8.78 Å². The second-order valence-corrected chi connectivity index (χ2v) is 5.30. The number of rotatable bonds is 5. The molecule has 2 rings (SSSR count). The molecule has 21 heavy (non-hydrogen) atoms. The lowest BCUT2D eigenvalue weighted by molar-refractivity contribution is 0.573. The molecule has 0 bridgehead atoms. The summed E-state index contributed by atoms with van der Waals surface area (Å²) >= 11 is 6.07. The highest BCUT2D eigenvalue weighted by Gasteiger charge is 2.16. The van der Waals surface area contributed by atoms with Gasteiger partial charge in [-0.15, -0.1) is 0 Å². The van der Waals surface area contributed by atoms with Gasteiger partial charge in [0.1, 0.15) is 17.3 Å². The molecule has 0 saturated carbocycles. The van der Waals surface area contributed by atoms with E-state index in [-0.39, 0.29) is 5.69 Å². The molecule has 0 heterocycles. The van der Waals surface area contributed by atoms with Gasteiger partial charge in [-0.3, -0.25) is 0 Å². The average Bonchev–Trinajstić information content (AvgIpc) is 2.41. The summed E-state index contributed by atoms with van der Waals surface area (Å²) in [6.45, 7) is 0.678. The number of benzene rings is 2. The van der Waals surface area contributed by atoms with Crippen molar-refractivity contribution in [2.75, 3.05) is 18.5 Å². The summed E-state index contributed by atoms with van der Waals surface area (Å²) in [4.78, 5) is 1.51. The SMILES string of the molecule is CN(Cc1ccccc1Cl)c1c(F)cc(CCN)cc1F. The van der Waals surface area contributed by atoms with Gasteiger partial charge in [-0.1, -0.05) is 29.8 Å². The zero-order valence-corrected chi connectivity index (χ0v) is 12.5. The molecule has 2 N–H and O–H groups in total. The highest BCUT2D eigenvalue weighted by molar-refractivity contribution is 6.31. The quantitative estimate of drug-likeness (QED) is 0.911. The Morgan fingerprint density at radius 2 is 1.76 bits per heavy atom. The number of anilines is 1. The van der Waals surface area contributed by atoms with Crippen LogP contribution in [0.25, 0.3) is 0 Å². The van der Waals surface area contributed by atoms with Crippen LogP contribution in [0, 0.1) is 11.6 Å². The van der Waals surface area contributed by atoms with E-state index in [2.05, 4.69) is 0 Å². The molecule has 0 radical (unpaired) electrons. The van der Waals surface area contributed by atoms with Crippen molar-refractivity contribution in [3.63, 3.8) is 0 Å². The van der Waals surface area contributed by atoms with Gasteiger partial charge in [0.2, 0.25) is 0 Å². The van der Waals surface area contributed by atoms with Gasteiger partial charge in [-0.2, -0.15) is 0 Å². The van der Waals surface area contributed by atoms with Crippen LogP contribution in [0.4, 0.5) is 14.5 Å². The first kappa shape index (κ1) is 15.7. The smallest absolute Gasteiger partial charge is 0.149 e. The predicted molar refractivity (Wildman–Crippen MR) is 82.7 cm³/mol. The van der Waals surface area contributed by atoms with E-state index in [0.717, 1.165) is 5.56 Å². The van der Waals surface area contributed by atoms with E-state index < -0.39 is 11.6 Å². The zero-order chi connectivity index (χ0) is 15.4. The molecule has 0 atom stereocenters. The Labute approximate surface area is 128 Å². The van der Waals surface area contributed by atoms with E-state index in [4.69, 9.17) is 17.3 Å². The zero-order valence-electron chi connectivity index (χ0n) is 11.7. The summed E-state index contributed by atoms with van der Waals surface area (Å²) < 4.78 is 28.3. The largest absolute Gasteiger partial charge is 0.365 e. The summed E-state index contributed by atoms with van der Waals surface area (Å²) in [6, 6.07) is 9.89. The Kier molecular flexibility index (Phi) is 5.15. The minimum atomic E-state index is -0.590.